The molecular formula is C15H19F3O3. The Balaban J connectivity index is 2.48. The number of rotatable bonds is 6. The lowest BCUT2D eigenvalue weighted by Gasteiger charge is -2.13. The quantitative estimate of drug-likeness (QED) is 0.820. The molecule has 1 N–H and O–H groups in total. The van der Waals surface area contributed by atoms with Crippen molar-refractivity contribution in [3.63, 3.8) is 0 Å². The van der Waals surface area contributed by atoms with Gasteiger partial charge in [0.25, 0.3) is 0 Å². The number of hydrogen-bond donors (Lipinski definition) is 1. The molecule has 1 rings (SSSR count). The van der Waals surface area contributed by atoms with Crippen LogP contribution in [0.4, 0.5) is 13.2 Å². The second-order valence-corrected chi connectivity index (χ2v) is 5.37. The summed E-state index contributed by atoms with van der Waals surface area (Å²) in [6.07, 6.45) is -6.74. The Bertz CT molecular complexity index is 452. The van der Waals surface area contributed by atoms with Gasteiger partial charge in [-0.1, -0.05) is 26.0 Å². The maximum atomic E-state index is 12.0. The van der Waals surface area contributed by atoms with E-state index in [1.165, 1.54) is 0 Å². The number of carbonyl (C=O) groups excluding carboxylic acids is 1. The van der Waals surface area contributed by atoms with Crippen LogP contribution in [0.1, 0.15) is 36.2 Å². The van der Waals surface area contributed by atoms with Gasteiger partial charge in [0, 0.05) is 0 Å². The number of halogens is 3. The van der Waals surface area contributed by atoms with Crippen LogP contribution in [0.15, 0.2) is 24.3 Å². The highest BCUT2D eigenvalue weighted by molar-refractivity contribution is 5.89. The van der Waals surface area contributed by atoms with Gasteiger partial charge in [-0.2, -0.15) is 13.2 Å². The van der Waals surface area contributed by atoms with Crippen molar-refractivity contribution in [3.05, 3.63) is 35.4 Å². The van der Waals surface area contributed by atoms with Crippen molar-refractivity contribution in [2.24, 2.45) is 5.92 Å². The lowest BCUT2D eigenvalue weighted by molar-refractivity contribution is -0.157. The molecule has 0 heterocycles. The van der Waals surface area contributed by atoms with Gasteiger partial charge in [-0.3, -0.25) is 0 Å². The largest absolute Gasteiger partial charge is 0.459 e. The Kier molecular flexibility index (Phi) is 6.20. The van der Waals surface area contributed by atoms with Crippen LogP contribution < -0.4 is 0 Å². The maximum Gasteiger partial charge on any atom is 0.391 e. The Morgan fingerprint density at radius 3 is 2.29 bits per heavy atom. The first-order valence-corrected chi connectivity index (χ1v) is 6.68. The first kappa shape index (κ1) is 17.5. The highest BCUT2D eigenvalue weighted by Gasteiger charge is 2.31. The fraction of sp³-hybridized carbons (Fsp3) is 0.533. The Hall–Kier alpha value is -1.56. The van der Waals surface area contributed by atoms with Crippen molar-refractivity contribution in [3.8, 4) is 0 Å². The standard InChI is InChI=1S/C15H19F3O3/c1-10(2)7-11-3-5-12(6-4-11)14(20)21-9-13(19)8-15(16,17)18/h3-6,10,13,19H,7-9H2,1-2H3/t13-/m1/s1. The van der Waals surface area contributed by atoms with Crippen molar-refractivity contribution in [1.82, 2.24) is 0 Å². The van der Waals surface area contributed by atoms with Crippen LogP contribution >= 0.6 is 0 Å². The second kappa shape index (κ2) is 7.45. The smallest absolute Gasteiger partial charge is 0.391 e. The number of benzene rings is 1. The van der Waals surface area contributed by atoms with Gasteiger partial charge in [-0.15, -0.1) is 0 Å². The van der Waals surface area contributed by atoms with Crippen LogP contribution in [-0.4, -0.2) is 30.0 Å². The van der Waals surface area contributed by atoms with Gasteiger partial charge in [0.05, 0.1) is 18.1 Å². The van der Waals surface area contributed by atoms with Crippen molar-refractivity contribution < 1.29 is 27.8 Å². The van der Waals surface area contributed by atoms with Gasteiger partial charge in [0.15, 0.2) is 0 Å². The number of carbonyl (C=O) groups is 1. The first-order valence-electron chi connectivity index (χ1n) is 6.68. The SMILES string of the molecule is CC(C)Cc1ccc(C(=O)OC[C@H](O)CC(F)(F)F)cc1. The van der Waals surface area contributed by atoms with Crippen LogP contribution in [-0.2, 0) is 11.2 Å². The number of hydrogen-bond acceptors (Lipinski definition) is 3. The molecule has 0 radical (unpaired) electrons. The molecule has 0 aliphatic rings. The van der Waals surface area contributed by atoms with Gasteiger partial charge in [-0.05, 0) is 30.0 Å². The Morgan fingerprint density at radius 2 is 1.81 bits per heavy atom. The predicted octanol–water partition coefficient (Wildman–Crippen LogP) is 3.36. The molecule has 6 heteroatoms. The molecule has 1 aromatic rings. The molecule has 3 nitrogen and oxygen atoms in total. The highest BCUT2D eigenvalue weighted by Crippen LogP contribution is 2.21. The van der Waals surface area contributed by atoms with Gasteiger partial charge in [0.2, 0.25) is 0 Å². The molecular weight excluding hydrogens is 285 g/mol. The maximum absolute atomic E-state index is 12.0. The highest BCUT2D eigenvalue weighted by atomic mass is 19.4. The van der Waals surface area contributed by atoms with Crippen LogP contribution in [0.25, 0.3) is 0 Å². The zero-order valence-electron chi connectivity index (χ0n) is 12.0. The average molecular weight is 304 g/mol. The predicted molar refractivity (Wildman–Crippen MR) is 71.9 cm³/mol. The van der Waals surface area contributed by atoms with Crippen LogP contribution in [0.3, 0.4) is 0 Å². The summed E-state index contributed by atoms with van der Waals surface area (Å²) in [5.74, 6) is -0.257. The van der Waals surface area contributed by atoms with E-state index in [1.807, 2.05) is 0 Å². The summed E-state index contributed by atoms with van der Waals surface area (Å²) in [7, 11) is 0. The van der Waals surface area contributed by atoms with E-state index < -0.39 is 31.3 Å². The molecule has 1 aromatic carbocycles. The van der Waals surface area contributed by atoms with Gasteiger partial charge in [0.1, 0.15) is 6.61 Å². The molecule has 21 heavy (non-hydrogen) atoms. The molecule has 0 aliphatic heterocycles. The van der Waals surface area contributed by atoms with E-state index >= 15 is 0 Å². The molecule has 1 atom stereocenters. The van der Waals surface area contributed by atoms with Gasteiger partial charge < -0.3 is 9.84 Å². The molecule has 0 aromatic heterocycles. The minimum Gasteiger partial charge on any atom is -0.459 e. The molecule has 0 saturated heterocycles. The number of ether oxygens (including phenoxy) is 1. The number of esters is 1. The number of aliphatic hydroxyl groups excluding tert-OH is 1. The van der Waals surface area contributed by atoms with Crippen LogP contribution in [0.2, 0.25) is 0 Å². The lowest BCUT2D eigenvalue weighted by Crippen LogP contribution is -2.25. The molecule has 0 bridgehead atoms. The minimum absolute atomic E-state index is 0.252. The zero-order chi connectivity index (χ0) is 16.0. The van der Waals surface area contributed by atoms with Crippen LogP contribution in [0, 0.1) is 5.92 Å². The van der Waals surface area contributed by atoms with E-state index in [0.29, 0.717) is 5.92 Å². The number of alkyl halides is 3. The third-order valence-electron chi connectivity index (χ3n) is 2.71. The summed E-state index contributed by atoms with van der Waals surface area (Å²) in [6, 6.07) is 6.69. The average Bonchev–Trinajstić information content (AvgIpc) is 2.34. The van der Waals surface area contributed by atoms with Gasteiger partial charge >= 0.3 is 12.1 Å². The molecule has 0 spiro atoms. The summed E-state index contributed by atoms with van der Waals surface area (Å²) in [4.78, 5) is 11.6. The monoisotopic (exact) mass is 304 g/mol. The third-order valence-corrected chi connectivity index (χ3v) is 2.71. The summed E-state index contributed by atoms with van der Waals surface area (Å²) < 4.78 is 40.7. The Labute approximate surface area is 121 Å². The molecule has 0 aliphatic carbocycles. The fourth-order valence-corrected chi connectivity index (χ4v) is 1.83. The first-order chi connectivity index (χ1) is 9.67. The lowest BCUT2D eigenvalue weighted by atomic mass is 10.0. The second-order valence-electron chi connectivity index (χ2n) is 5.37. The van der Waals surface area contributed by atoms with E-state index in [4.69, 9.17) is 5.11 Å². The molecule has 0 amide bonds. The van der Waals surface area contributed by atoms with E-state index in [1.54, 1.807) is 24.3 Å². The molecule has 0 saturated carbocycles. The van der Waals surface area contributed by atoms with Crippen molar-refractivity contribution >= 4 is 5.97 Å². The summed E-state index contributed by atoms with van der Waals surface area (Å²) in [6.45, 7) is 3.47. The van der Waals surface area contributed by atoms with E-state index in [-0.39, 0.29) is 5.56 Å². The van der Waals surface area contributed by atoms with Gasteiger partial charge in [-0.25, -0.2) is 4.79 Å². The molecule has 118 valence electrons. The van der Waals surface area contributed by atoms with Crippen molar-refractivity contribution in [2.75, 3.05) is 6.61 Å². The zero-order valence-corrected chi connectivity index (χ0v) is 12.0. The number of aliphatic hydroxyl groups is 1. The summed E-state index contributed by atoms with van der Waals surface area (Å²) in [5, 5.41) is 9.13. The summed E-state index contributed by atoms with van der Waals surface area (Å²) in [5.41, 5.74) is 1.32. The van der Waals surface area contributed by atoms with Crippen LogP contribution in [0.5, 0.6) is 0 Å². The van der Waals surface area contributed by atoms with Crippen molar-refractivity contribution in [2.45, 2.75) is 39.0 Å². The van der Waals surface area contributed by atoms with E-state index in [9.17, 15) is 18.0 Å². The minimum atomic E-state index is -4.48. The molecule has 0 unspecified atom stereocenters. The van der Waals surface area contributed by atoms with E-state index in [2.05, 4.69) is 18.6 Å². The molecule has 0 fully saturated rings. The fourth-order valence-electron chi connectivity index (χ4n) is 1.83. The summed E-state index contributed by atoms with van der Waals surface area (Å²) >= 11 is 0. The van der Waals surface area contributed by atoms with E-state index in [0.717, 1.165) is 12.0 Å². The topological polar surface area (TPSA) is 46.5 Å². The Morgan fingerprint density at radius 1 is 1.24 bits per heavy atom. The third kappa shape index (κ3) is 7.13. The normalized spacial score (nSPS) is 13.3. The van der Waals surface area contributed by atoms with Crippen molar-refractivity contribution in [1.29, 1.82) is 0 Å².